The van der Waals surface area contributed by atoms with Gasteiger partial charge >= 0.3 is 0 Å². The average Bonchev–Trinajstić information content (AvgIpc) is 3.09. The van der Waals surface area contributed by atoms with Gasteiger partial charge in [-0.3, -0.25) is 4.99 Å². The molecule has 1 aliphatic heterocycles. The summed E-state index contributed by atoms with van der Waals surface area (Å²) < 4.78 is 5.55. The van der Waals surface area contributed by atoms with Crippen molar-refractivity contribution in [3.8, 4) is 11.5 Å². The number of aromatic nitrogens is 1. The SMILES string of the molecule is Cc1ccc(-c2nc(CCNC3=NCC(C)N3)co2)cc1. The van der Waals surface area contributed by atoms with E-state index in [1.165, 1.54) is 5.56 Å². The first kappa shape index (κ1) is 13.7. The molecule has 0 saturated heterocycles. The Hall–Kier alpha value is -2.30. The van der Waals surface area contributed by atoms with Gasteiger partial charge in [-0.05, 0) is 26.0 Å². The van der Waals surface area contributed by atoms with Crippen molar-refractivity contribution in [3.63, 3.8) is 0 Å². The molecule has 3 rings (SSSR count). The summed E-state index contributed by atoms with van der Waals surface area (Å²) in [4.78, 5) is 8.88. The normalized spacial score (nSPS) is 17.4. The molecule has 0 spiro atoms. The van der Waals surface area contributed by atoms with E-state index in [1.54, 1.807) is 6.26 Å². The Morgan fingerprint density at radius 1 is 1.33 bits per heavy atom. The predicted octanol–water partition coefficient (Wildman–Crippen LogP) is 2.13. The van der Waals surface area contributed by atoms with Gasteiger partial charge in [0.2, 0.25) is 5.89 Å². The van der Waals surface area contributed by atoms with Crippen LogP contribution in [-0.4, -0.2) is 30.1 Å². The topological polar surface area (TPSA) is 62.5 Å². The van der Waals surface area contributed by atoms with E-state index < -0.39 is 0 Å². The Balaban J connectivity index is 1.54. The van der Waals surface area contributed by atoms with Gasteiger partial charge in [-0.1, -0.05) is 17.7 Å². The number of benzene rings is 1. The maximum absolute atomic E-state index is 5.55. The fourth-order valence-corrected chi connectivity index (χ4v) is 2.22. The van der Waals surface area contributed by atoms with Crippen molar-refractivity contribution in [1.82, 2.24) is 15.6 Å². The molecule has 5 nitrogen and oxygen atoms in total. The van der Waals surface area contributed by atoms with Crippen molar-refractivity contribution < 1.29 is 4.42 Å². The zero-order valence-corrected chi connectivity index (χ0v) is 12.4. The van der Waals surface area contributed by atoms with Crippen LogP contribution >= 0.6 is 0 Å². The molecule has 5 heteroatoms. The second-order valence-corrected chi connectivity index (χ2v) is 5.42. The van der Waals surface area contributed by atoms with E-state index in [4.69, 9.17) is 4.42 Å². The van der Waals surface area contributed by atoms with E-state index in [9.17, 15) is 0 Å². The molecule has 0 fully saturated rings. The number of guanidine groups is 1. The van der Waals surface area contributed by atoms with E-state index in [1.807, 2.05) is 12.1 Å². The minimum absolute atomic E-state index is 0.424. The number of hydrogen-bond donors (Lipinski definition) is 2. The number of nitrogens with zero attached hydrogens (tertiary/aromatic N) is 2. The molecule has 1 atom stereocenters. The van der Waals surface area contributed by atoms with Gasteiger partial charge in [0.05, 0.1) is 12.2 Å². The number of rotatable bonds is 4. The van der Waals surface area contributed by atoms with Crippen molar-refractivity contribution in [1.29, 1.82) is 0 Å². The second kappa shape index (κ2) is 5.99. The predicted molar refractivity (Wildman–Crippen MR) is 83.3 cm³/mol. The maximum Gasteiger partial charge on any atom is 0.226 e. The molecule has 1 aromatic carbocycles. The standard InChI is InChI=1S/C16H20N4O/c1-11-3-5-13(6-4-11)15-20-14(10-21-15)7-8-17-16-18-9-12(2)19-16/h3-6,10,12H,7-9H2,1-2H3,(H2,17,18,19). The molecule has 110 valence electrons. The van der Waals surface area contributed by atoms with Crippen molar-refractivity contribution in [3.05, 3.63) is 41.8 Å². The lowest BCUT2D eigenvalue weighted by molar-refractivity contribution is 0.572. The summed E-state index contributed by atoms with van der Waals surface area (Å²) in [6, 6.07) is 8.61. The highest BCUT2D eigenvalue weighted by molar-refractivity contribution is 5.81. The third kappa shape index (κ3) is 3.42. The van der Waals surface area contributed by atoms with Crippen LogP contribution in [0.5, 0.6) is 0 Å². The molecule has 1 aromatic heterocycles. The van der Waals surface area contributed by atoms with E-state index in [0.717, 1.165) is 36.7 Å². The molecule has 21 heavy (non-hydrogen) atoms. The van der Waals surface area contributed by atoms with Crippen LogP contribution in [0.1, 0.15) is 18.2 Å². The monoisotopic (exact) mass is 284 g/mol. The molecular weight excluding hydrogens is 264 g/mol. The molecule has 2 heterocycles. The number of aliphatic imine (C=N–C) groups is 1. The second-order valence-electron chi connectivity index (χ2n) is 5.42. The summed E-state index contributed by atoms with van der Waals surface area (Å²) in [7, 11) is 0. The fourth-order valence-electron chi connectivity index (χ4n) is 2.22. The summed E-state index contributed by atoms with van der Waals surface area (Å²) >= 11 is 0. The minimum Gasteiger partial charge on any atom is -0.444 e. The molecule has 1 aliphatic rings. The highest BCUT2D eigenvalue weighted by Gasteiger charge is 2.12. The molecule has 0 bridgehead atoms. The molecule has 2 N–H and O–H groups in total. The number of nitrogens with one attached hydrogen (secondary N) is 2. The van der Waals surface area contributed by atoms with Crippen molar-refractivity contribution in [2.75, 3.05) is 13.1 Å². The first-order valence-corrected chi connectivity index (χ1v) is 7.27. The van der Waals surface area contributed by atoms with E-state index >= 15 is 0 Å². The summed E-state index contributed by atoms with van der Waals surface area (Å²) in [5, 5.41) is 6.55. The number of oxazole rings is 1. The summed E-state index contributed by atoms with van der Waals surface area (Å²) in [6.07, 6.45) is 2.54. The van der Waals surface area contributed by atoms with Gasteiger partial charge in [-0.2, -0.15) is 0 Å². The number of aryl methyl sites for hydroxylation is 1. The van der Waals surface area contributed by atoms with Gasteiger partial charge in [-0.15, -0.1) is 0 Å². The van der Waals surface area contributed by atoms with Gasteiger partial charge in [0.1, 0.15) is 6.26 Å². The van der Waals surface area contributed by atoms with Crippen molar-refractivity contribution in [2.45, 2.75) is 26.3 Å². The highest BCUT2D eigenvalue weighted by atomic mass is 16.3. The smallest absolute Gasteiger partial charge is 0.226 e. The average molecular weight is 284 g/mol. The first-order chi connectivity index (χ1) is 10.2. The molecular formula is C16H20N4O. The zero-order valence-electron chi connectivity index (χ0n) is 12.4. The van der Waals surface area contributed by atoms with Crippen molar-refractivity contribution >= 4 is 5.96 Å². The lowest BCUT2D eigenvalue weighted by Crippen LogP contribution is -2.38. The van der Waals surface area contributed by atoms with Crippen LogP contribution in [0.15, 0.2) is 39.9 Å². The molecule has 1 unspecified atom stereocenters. The van der Waals surface area contributed by atoms with Crippen LogP contribution in [0.3, 0.4) is 0 Å². The van der Waals surface area contributed by atoms with Crippen LogP contribution < -0.4 is 10.6 Å². The largest absolute Gasteiger partial charge is 0.444 e. The number of hydrogen-bond acceptors (Lipinski definition) is 5. The Morgan fingerprint density at radius 3 is 2.86 bits per heavy atom. The Labute approximate surface area is 124 Å². The summed E-state index contributed by atoms with van der Waals surface area (Å²) in [5.74, 6) is 1.56. The van der Waals surface area contributed by atoms with Gasteiger partial charge in [0, 0.05) is 24.6 Å². The van der Waals surface area contributed by atoms with Crippen LogP contribution in [0, 0.1) is 6.92 Å². The molecule has 0 amide bonds. The maximum atomic E-state index is 5.55. The highest BCUT2D eigenvalue weighted by Crippen LogP contribution is 2.19. The van der Waals surface area contributed by atoms with Crippen LogP contribution in [0.25, 0.3) is 11.5 Å². The molecule has 0 radical (unpaired) electrons. The zero-order chi connectivity index (χ0) is 14.7. The summed E-state index contributed by atoms with van der Waals surface area (Å²) in [6.45, 7) is 5.81. The lowest BCUT2D eigenvalue weighted by atomic mass is 10.1. The van der Waals surface area contributed by atoms with Gasteiger partial charge < -0.3 is 15.1 Å². The van der Waals surface area contributed by atoms with Gasteiger partial charge in [0.15, 0.2) is 5.96 Å². The Morgan fingerprint density at radius 2 is 2.14 bits per heavy atom. The van der Waals surface area contributed by atoms with E-state index in [2.05, 4.69) is 46.6 Å². The lowest BCUT2D eigenvalue weighted by Gasteiger charge is -2.07. The van der Waals surface area contributed by atoms with Crippen molar-refractivity contribution in [2.24, 2.45) is 4.99 Å². The third-order valence-corrected chi connectivity index (χ3v) is 3.43. The fraction of sp³-hybridized carbons (Fsp3) is 0.375. The van der Waals surface area contributed by atoms with Crippen LogP contribution in [-0.2, 0) is 6.42 Å². The molecule has 2 aromatic rings. The Bertz CT molecular complexity index is 630. The van der Waals surface area contributed by atoms with Gasteiger partial charge in [-0.25, -0.2) is 4.98 Å². The van der Waals surface area contributed by atoms with Crippen LogP contribution in [0.2, 0.25) is 0 Å². The summed E-state index contributed by atoms with van der Waals surface area (Å²) in [5.41, 5.74) is 3.19. The van der Waals surface area contributed by atoms with Crippen LogP contribution in [0.4, 0.5) is 0 Å². The first-order valence-electron chi connectivity index (χ1n) is 7.27. The molecule has 0 aliphatic carbocycles. The third-order valence-electron chi connectivity index (χ3n) is 3.43. The van der Waals surface area contributed by atoms with E-state index in [0.29, 0.717) is 11.9 Å². The quantitative estimate of drug-likeness (QED) is 0.903. The minimum atomic E-state index is 0.424. The Kier molecular flexibility index (Phi) is 3.90. The molecule has 0 saturated carbocycles. The van der Waals surface area contributed by atoms with Gasteiger partial charge in [0.25, 0.3) is 0 Å². The van der Waals surface area contributed by atoms with E-state index in [-0.39, 0.29) is 0 Å².